The van der Waals surface area contributed by atoms with Gasteiger partial charge in [0.2, 0.25) is 0 Å². The molecule has 0 aliphatic rings. The van der Waals surface area contributed by atoms with Gasteiger partial charge >= 0.3 is 5.97 Å². The number of rotatable bonds is 4. The Morgan fingerprint density at radius 1 is 1.22 bits per heavy atom. The average Bonchev–Trinajstić information content (AvgIpc) is 2.52. The van der Waals surface area contributed by atoms with Gasteiger partial charge < -0.3 is 10.1 Å². The summed E-state index contributed by atoms with van der Waals surface area (Å²) in [5, 5.41) is 3.23. The van der Waals surface area contributed by atoms with Gasteiger partial charge in [0.15, 0.2) is 6.10 Å². The smallest absolute Gasteiger partial charge is 0.342 e. The number of esters is 1. The molecule has 0 spiro atoms. The lowest BCUT2D eigenvalue weighted by Gasteiger charge is -2.15. The maximum absolute atomic E-state index is 12.1. The standard InChI is InChI=1S/C16H14Cl2N2O3/c1-9-12(17)6-3-7-13(9)20-15(21)10(2)23-16(22)11-5-4-8-19-14(11)18/h3-8,10H,1-2H3,(H,20,21). The Balaban J connectivity index is 2.04. The Labute approximate surface area is 143 Å². The van der Waals surface area contributed by atoms with Gasteiger partial charge in [-0.15, -0.1) is 0 Å². The molecule has 1 unspecified atom stereocenters. The van der Waals surface area contributed by atoms with Crippen molar-refractivity contribution in [1.82, 2.24) is 4.98 Å². The van der Waals surface area contributed by atoms with Gasteiger partial charge in [0, 0.05) is 16.9 Å². The first kappa shape index (κ1) is 17.2. The molecule has 0 fully saturated rings. The van der Waals surface area contributed by atoms with E-state index in [1.807, 2.05) is 0 Å². The number of ether oxygens (including phenoxy) is 1. The predicted octanol–water partition coefficient (Wildman–Crippen LogP) is 3.88. The summed E-state index contributed by atoms with van der Waals surface area (Å²) in [5.41, 5.74) is 1.40. The summed E-state index contributed by atoms with van der Waals surface area (Å²) in [4.78, 5) is 27.9. The van der Waals surface area contributed by atoms with E-state index in [-0.39, 0.29) is 10.7 Å². The lowest BCUT2D eigenvalue weighted by Crippen LogP contribution is -2.30. The predicted molar refractivity (Wildman–Crippen MR) is 88.9 cm³/mol. The molecule has 1 atom stereocenters. The molecule has 0 aliphatic heterocycles. The maximum atomic E-state index is 12.1. The fourth-order valence-corrected chi connectivity index (χ4v) is 2.16. The monoisotopic (exact) mass is 352 g/mol. The van der Waals surface area contributed by atoms with Gasteiger partial charge in [-0.05, 0) is 43.7 Å². The summed E-state index contributed by atoms with van der Waals surface area (Å²) in [6.07, 6.45) is 0.453. The Kier molecular flexibility index (Phi) is 5.58. The number of hydrogen-bond donors (Lipinski definition) is 1. The number of nitrogens with zero attached hydrogens (tertiary/aromatic N) is 1. The van der Waals surface area contributed by atoms with Crippen LogP contribution in [0.3, 0.4) is 0 Å². The van der Waals surface area contributed by atoms with Gasteiger partial charge in [0.1, 0.15) is 5.15 Å². The number of nitrogens with one attached hydrogen (secondary N) is 1. The summed E-state index contributed by atoms with van der Waals surface area (Å²) in [7, 11) is 0. The van der Waals surface area contributed by atoms with Crippen molar-refractivity contribution in [3.63, 3.8) is 0 Å². The van der Waals surface area contributed by atoms with Crippen LogP contribution in [0.2, 0.25) is 10.2 Å². The van der Waals surface area contributed by atoms with Crippen LogP contribution in [-0.4, -0.2) is 23.0 Å². The Morgan fingerprint density at radius 3 is 2.65 bits per heavy atom. The molecule has 23 heavy (non-hydrogen) atoms. The normalized spacial score (nSPS) is 11.7. The van der Waals surface area contributed by atoms with E-state index in [1.165, 1.54) is 19.2 Å². The minimum absolute atomic E-state index is 0.0239. The molecule has 1 amide bonds. The molecule has 2 rings (SSSR count). The van der Waals surface area contributed by atoms with Gasteiger partial charge in [-0.25, -0.2) is 9.78 Å². The molecule has 0 bridgehead atoms. The fourth-order valence-electron chi connectivity index (χ4n) is 1.79. The van der Waals surface area contributed by atoms with E-state index >= 15 is 0 Å². The Morgan fingerprint density at radius 2 is 1.96 bits per heavy atom. The van der Waals surface area contributed by atoms with Crippen LogP contribution in [0.4, 0.5) is 5.69 Å². The highest BCUT2D eigenvalue weighted by Gasteiger charge is 2.21. The van der Waals surface area contributed by atoms with E-state index in [4.69, 9.17) is 27.9 Å². The van der Waals surface area contributed by atoms with Crippen LogP contribution in [0.25, 0.3) is 0 Å². The van der Waals surface area contributed by atoms with Crippen LogP contribution < -0.4 is 5.32 Å². The quantitative estimate of drug-likeness (QED) is 0.669. The number of carbonyl (C=O) groups is 2. The highest BCUT2D eigenvalue weighted by atomic mass is 35.5. The van der Waals surface area contributed by atoms with E-state index in [1.54, 1.807) is 31.2 Å². The second-order valence-corrected chi connectivity index (χ2v) is 5.56. The third-order valence-electron chi connectivity index (χ3n) is 3.16. The van der Waals surface area contributed by atoms with Crippen molar-refractivity contribution in [3.05, 3.63) is 57.8 Å². The zero-order valence-corrected chi connectivity index (χ0v) is 14.0. The van der Waals surface area contributed by atoms with Crippen LogP contribution in [0.1, 0.15) is 22.8 Å². The lowest BCUT2D eigenvalue weighted by atomic mass is 10.2. The van der Waals surface area contributed by atoms with Crippen molar-refractivity contribution in [2.75, 3.05) is 5.32 Å². The van der Waals surface area contributed by atoms with Crippen LogP contribution in [0.5, 0.6) is 0 Å². The summed E-state index contributed by atoms with van der Waals surface area (Å²) in [6.45, 7) is 3.25. The van der Waals surface area contributed by atoms with Crippen molar-refractivity contribution < 1.29 is 14.3 Å². The second kappa shape index (κ2) is 7.44. The van der Waals surface area contributed by atoms with Gasteiger partial charge in [-0.2, -0.15) is 0 Å². The first-order valence-corrected chi connectivity index (χ1v) is 7.53. The molecule has 2 aromatic rings. The average molecular weight is 353 g/mol. The highest BCUT2D eigenvalue weighted by Crippen LogP contribution is 2.23. The molecule has 1 aromatic carbocycles. The molecule has 1 heterocycles. The largest absolute Gasteiger partial charge is 0.449 e. The van der Waals surface area contributed by atoms with Gasteiger partial charge in [0.05, 0.1) is 5.56 Å². The molecule has 120 valence electrons. The summed E-state index contributed by atoms with van der Waals surface area (Å²) >= 11 is 11.8. The number of pyridine rings is 1. The molecule has 0 saturated carbocycles. The molecular weight excluding hydrogens is 339 g/mol. The zero-order valence-electron chi connectivity index (χ0n) is 12.5. The Hall–Kier alpha value is -2.11. The number of benzene rings is 1. The minimum atomic E-state index is -1.00. The van der Waals surface area contributed by atoms with Crippen LogP contribution >= 0.6 is 23.2 Å². The number of aromatic nitrogens is 1. The lowest BCUT2D eigenvalue weighted by molar-refractivity contribution is -0.123. The second-order valence-electron chi connectivity index (χ2n) is 4.79. The molecule has 1 aromatic heterocycles. The summed E-state index contributed by atoms with van der Waals surface area (Å²) in [6, 6.07) is 8.19. The minimum Gasteiger partial charge on any atom is -0.449 e. The van der Waals surface area contributed by atoms with E-state index in [0.29, 0.717) is 10.7 Å². The van der Waals surface area contributed by atoms with Gasteiger partial charge in [-0.3, -0.25) is 4.79 Å². The molecule has 0 saturated heterocycles. The van der Waals surface area contributed by atoms with Crippen molar-refractivity contribution in [1.29, 1.82) is 0 Å². The van der Waals surface area contributed by atoms with Crippen molar-refractivity contribution in [2.45, 2.75) is 20.0 Å². The maximum Gasteiger partial charge on any atom is 0.342 e. The number of amides is 1. The molecule has 1 N–H and O–H groups in total. The molecule has 7 heteroatoms. The third-order valence-corrected chi connectivity index (χ3v) is 3.87. The molecular formula is C16H14Cl2N2O3. The topological polar surface area (TPSA) is 68.3 Å². The Bertz CT molecular complexity index is 750. The van der Waals surface area contributed by atoms with Gasteiger partial charge in [0.25, 0.3) is 5.91 Å². The molecule has 0 radical (unpaired) electrons. The van der Waals surface area contributed by atoms with Gasteiger partial charge in [-0.1, -0.05) is 29.3 Å². The molecule has 0 aliphatic carbocycles. The fraction of sp³-hybridized carbons (Fsp3) is 0.188. The molecule has 5 nitrogen and oxygen atoms in total. The van der Waals surface area contributed by atoms with E-state index < -0.39 is 18.0 Å². The number of carbonyl (C=O) groups excluding carboxylic acids is 2. The van der Waals surface area contributed by atoms with Crippen LogP contribution in [0.15, 0.2) is 36.5 Å². The number of anilines is 1. The third kappa shape index (κ3) is 4.21. The summed E-state index contributed by atoms with van der Waals surface area (Å²) < 4.78 is 5.11. The van der Waals surface area contributed by atoms with Crippen molar-refractivity contribution >= 4 is 40.8 Å². The van der Waals surface area contributed by atoms with Crippen LogP contribution in [-0.2, 0) is 9.53 Å². The first-order chi connectivity index (χ1) is 10.9. The van der Waals surface area contributed by atoms with E-state index in [9.17, 15) is 9.59 Å². The SMILES string of the molecule is Cc1c(Cl)cccc1NC(=O)C(C)OC(=O)c1cccnc1Cl. The first-order valence-electron chi connectivity index (χ1n) is 6.77. The van der Waals surface area contributed by atoms with Crippen molar-refractivity contribution in [2.24, 2.45) is 0 Å². The highest BCUT2D eigenvalue weighted by molar-refractivity contribution is 6.32. The van der Waals surface area contributed by atoms with E-state index in [0.717, 1.165) is 5.56 Å². The summed E-state index contributed by atoms with van der Waals surface area (Å²) in [5.74, 6) is -1.18. The van der Waals surface area contributed by atoms with Crippen molar-refractivity contribution in [3.8, 4) is 0 Å². The number of halogens is 2. The zero-order chi connectivity index (χ0) is 17.0. The number of hydrogen-bond acceptors (Lipinski definition) is 4. The van der Waals surface area contributed by atoms with Crippen LogP contribution in [0, 0.1) is 6.92 Å². The van der Waals surface area contributed by atoms with E-state index in [2.05, 4.69) is 10.3 Å².